The fourth-order valence-corrected chi connectivity index (χ4v) is 1.60. The van der Waals surface area contributed by atoms with Gasteiger partial charge < -0.3 is 9.84 Å². The molecule has 0 amide bonds. The highest BCUT2D eigenvalue weighted by Crippen LogP contribution is 2.33. The number of rotatable bonds is 3. The van der Waals surface area contributed by atoms with Gasteiger partial charge in [0.25, 0.3) is 0 Å². The van der Waals surface area contributed by atoms with Crippen molar-refractivity contribution in [3.63, 3.8) is 0 Å². The van der Waals surface area contributed by atoms with Crippen molar-refractivity contribution < 1.29 is 23.0 Å². The van der Waals surface area contributed by atoms with E-state index >= 15 is 0 Å². The molecule has 6 heteroatoms. The first-order valence-corrected chi connectivity index (χ1v) is 5.40. The molecule has 0 aliphatic heterocycles. The third-order valence-electron chi connectivity index (χ3n) is 2.41. The van der Waals surface area contributed by atoms with Crippen LogP contribution in [0.15, 0.2) is 42.6 Å². The summed E-state index contributed by atoms with van der Waals surface area (Å²) in [4.78, 5) is 3.92. The molecule has 3 nitrogen and oxygen atoms in total. The summed E-state index contributed by atoms with van der Waals surface area (Å²) in [6.07, 6.45) is -3.35. The minimum absolute atomic E-state index is 0.221. The molecule has 0 atom stereocenters. The van der Waals surface area contributed by atoms with Crippen LogP contribution in [-0.2, 0) is 6.61 Å². The summed E-state index contributed by atoms with van der Waals surface area (Å²) in [6, 6.07) is 8.94. The fourth-order valence-electron chi connectivity index (χ4n) is 1.60. The number of aromatic nitrogens is 1. The first-order chi connectivity index (χ1) is 8.99. The molecule has 0 saturated carbocycles. The lowest BCUT2D eigenvalue weighted by Crippen LogP contribution is -2.17. The number of ether oxygens (including phenoxy) is 1. The van der Waals surface area contributed by atoms with Crippen molar-refractivity contribution >= 4 is 0 Å². The Hall–Kier alpha value is -2.08. The Bertz CT molecular complexity index is 553. The SMILES string of the molecule is OCc1ccc(-c2ccccc2OC(F)(F)F)cn1. The van der Waals surface area contributed by atoms with Crippen LogP contribution in [0.25, 0.3) is 11.1 Å². The summed E-state index contributed by atoms with van der Waals surface area (Å²) >= 11 is 0. The highest BCUT2D eigenvalue weighted by molar-refractivity contribution is 5.69. The molecule has 0 aliphatic carbocycles. The van der Waals surface area contributed by atoms with Crippen molar-refractivity contribution in [2.24, 2.45) is 0 Å². The van der Waals surface area contributed by atoms with Gasteiger partial charge in [-0.1, -0.05) is 24.3 Å². The Kier molecular flexibility index (Phi) is 3.71. The highest BCUT2D eigenvalue weighted by atomic mass is 19.4. The van der Waals surface area contributed by atoms with E-state index in [4.69, 9.17) is 5.11 Å². The molecule has 1 aromatic carbocycles. The number of pyridine rings is 1. The second-order valence-electron chi connectivity index (χ2n) is 3.74. The van der Waals surface area contributed by atoms with E-state index in [9.17, 15) is 13.2 Å². The Morgan fingerprint density at radius 3 is 2.42 bits per heavy atom. The monoisotopic (exact) mass is 269 g/mol. The number of alkyl halides is 3. The average molecular weight is 269 g/mol. The molecule has 19 heavy (non-hydrogen) atoms. The number of hydrogen-bond donors (Lipinski definition) is 1. The molecule has 0 saturated heterocycles. The number of para-hydroxylation sites is 1. The lowest BCUT2D eigenvalue weighted by molar-refractivity contribution is -0.274. The summed E-state index contributed by atoms with van der Waals surface area (Å²) in [7, 11) is 0. The topological polar surface area (TPSA) is 42.4 Å². The second-order valence-corrected chi connectivity index (χ2v) is 3.74. The summed E-state index contributed by atoms with van der Waals surface area (Å²) in [5, 5.41) is 8.87. The average Bonchev–Trinajstić information content (AvgIpc) is 2.38. The molecule has 0 radical (unpaired) electrons. The number of nitrogens with zero attached hydrogens (tertiary/aromatic N) is 1. The minimum atomic E-state index is -4.74. The molecule has 0 fully saturated rings. The lowest BCUT2D eigenvalue weighted by atomic mass is 10.1. The van der Waals surface area contributed by atoms with Gasteiger partial charge in [-0.2, -0.15) is 0 Å². The number of halogens is 3. The van der Waals surface area contributed by atoms with Gasteiger partial charge in [0.1, 0.15) is 5.75 Å². The van der Waals surface area contributed by atoms with Gasteiger partial charge >= 0.3 is 6.36 Å². The summed E-state index contributed by atoms with van der Waals surface area (Å²) < 4.78 is 40.8. The fraction of sp³-hybridized carbons (Fsp3) is 0.154. The Labute approximate surface area is 107 Å². The molecular weight excluding hydrogens is 259 g/mol. The maximum absolute atomic E-state index is 12.3. The van der Waals surface area contributed by atoms with Crippen LogP contribution >= 0.6 is 0 Å². The van der Waals surface area contributed by atoms with Crippen LogP contribution < -0.4 is 4.74 Å². The first kappa shape index (κ1) is 13.4. The van der Waals surface area contributed by atoms with Crippen LogP contribution in [0.2, 0.25) is 0 Å². The molecule has 0 spiro atoms. The van der Waals surface area contributed by atoms with Crippen molar-refractivity contribution in [2.75, 3.05) is 0 Å². The predicted octanol–water partition coefficient (Wildman–Crippen LogP) is 3.14. The summed E-state index contributed by atoms with van der Waals surface area (Å²) in [6.45, 7) is -0.221. The van der Waals surface area contributed by atoms with Crippen molar-refractivity contribution in [1.82, 2.24) is 4.98 Å². The summed E-state index contributed by atoms with van der Waals surface area (Å²) in [5.41, 5.74) is 1.21. The molecular formula is C13H10F3NO2. The molecule has 2 rings (SSSR count). The van der Waals surface area contributed by atoms with Crippen LogP contribution in [0.1, 0.15) is 5.69 Å². The van der Waals surface area contributed by atoms with Gasteiger partial charge in [-0.15, -0.1) is 13.2 Å². The molecule has 2 aromatic rings. The molecule has 1 aromatic heterocycles. The Morgan fingerprint density at radius 2 is 1.84 bits per heavy atom. The van der Waals surface area contributed by atoms with Crippen molar-refractivity contribution in [1.29, 1.82) is 0 Å². The van der Waals surface area contributed by atoms with Gasteiger partial charge in [-0.3, -0.25) is 4.98 Å². The second kappa shape index (κ2) is 5.27. The molecule has 1 heterocycles. The maximum Gasteiger partial charge on any atom is 0.573 e. The van der Waals surface area contributed by atoms with Crippen molar-refractivity contribution in [3.8, 4) is 16.9 Å². The van der Waals surface area contributed by atoms with Crippen LogP contribution in [-0.4, -0.2) is 16.5 Å². The van der Waals surface area contributed by atoms with E-state index in [2.05, 4.69) is 9.72 Å². The molecule has 0 unspecified atom stereocenters. The molecule has 0 bridgehead atoms. The van der Waals surface area contributed by atoms with Crippen LogP contribution in [0.3, 0.4) is 0 Å². The van der Waals surface area contributed by atoms with E-state index in [1.807, 2.05) is 0 Å². The number of aliphatic hydroxyl groups is 1. The molecule has 1 N–H and O–H groups in total. The van der Waals surface area contributed by atoms with Crippen LogP contribution in [0, 0.1) is 0 Å². The maximum atomic E-state index is 12.3. The quantitative estimate of drug-likeness (QED) is 0.930. The molecule has 0 aliphatic rings. The minimum Gasteiger partial charge on any atom is -0.405 e. The summed E-state index contributed by atoms with van der Waals surface area (Å²) in [5.74, 6) is -0.284. The van der Waals surface area contributed by atoms with Crippen LogP contribution in [0.4, 0.5) is 13.2 Å². The van der Waals surface area contributed by atoms with E-state index in [0.29, 0.717) is 11.3 Å². The van der Waals surface area contributed by atoms with Gasteiger partial charge in [-0.05, 0) is 12.1 Å². The standard InChI is InChI=1S/C13H10F3NO2/c14-13(15,16)19-12-4-2-1-3-11(12)9-5-6-10(8-18)17-7-9/h1-7,18H,8H2. The zero-order valence-corrected chi connectivity index (χ0v) is 9.69. The smallest absolute Gasteiger partial charge is 0.405 e. The van der Waals surface area contributed by atoms with Crippen LogP contribution in [0.5, 0.6) is 5.75 Å². The van der Waals surface area contributed by atoms with Gasteiger partial charge in [0.15, 0.2) is 0 Å². The number of aliphatic hydroxyl groups excluding tert-OH is 1. The zero-order chi connectivity index (χ0) is 13.9. The van der Waals surface area contributed by atoms with E-state index in [-0.39, 0.29) is 17.9 Å². The molecule has 100 valence electrons. The third-order valence-corrected chi connectivity index (χ3v) is 2.41. The Balaban J connectivity index is 2.38. The van der Waals surface area contributed by atoms with Gasteiger partial charge in [-0.25, -0.2) is 0 Å². The predicted molar refractivity (Wildman–Crippen MR) is 62.3 cm³/mol. The zero-order valence-electron chi connectivity index (χ0n) is 9.69. The first-order valence-electron chi connectivity index (χ1n) is 5.40. The Morgan fingerprint density at radius 1 is 1.11 bits per heavy atom. The number of benzene rings is 1. The highest BCUT2D eigenvalue weighted by Gasteiger charge is 2.32. The van der Waals surface area contributed by atoms with Gasteiger partial charge in [0, 0.05) is 17.3 Å². The van der Waals surface area contributed by atoms with E-state index in [0.717, 1.165) is 0 Å². The van der Waals surface area contributed by atoms with Crippen molar-refractivity contribution in [2.45, 2.75) is 13.0 Å². The van der Waals surface area contributed by atoms with Crippen molar-refractivity contribution in [3.05, 3.63) is 48.3 Å². The van der Waals surface area contributed by atoms with E-state index < -0.39 is 6.36 Å². The largest absolute Gasteiger partial charge is 0.573 e. The van der Waals surface area contributed by atoms with Gasteiger partial charge in [0.2, 0.25) is 0 Å². The normalized spacial score (nSPS) is 11.4. The lowest BCUT2D eigenvalue weighted by Gasteiger charge is -2.13. The number of hydrogen-bond acceptors (Lipinski definition) is 3. The van der Waals surface area contributed by atoms with E-state index in [1.54, 1.807) is 18.2 Å². The third kappa shape index (κ3) is 3.45. The van der Waals surface area contributed by atoms with Gasteiger partial charge in [0.05, 0.1) is 12.3 Å². The van der Waals surface area contributed by atoms with E-state index in [1.165, 1.54) is 24.4 Å².